The van der Waals surface area contributed by atoms with Crippen LogP contribution in [0, 0.1) is 0 Å². The van der Waals surface area contributed by atoms with Gasteiger partial charge in [-0.05, 0) is 19.3 Å². The summed E-state index contributed by atoms with van der Waals surface area (Å²) in [5.41, 5.74) is 1.62. The minimum Gasteiger partial charge on any atom is -0.388 e. The molecule has 2 aliphatic rings. The maximum absolute atomic E-state index is 11.6. The third-order valence-electron chi connectivity index (χ3n) is 2.82. The lowest BCUT2D eigenvalue weighted by molar-refractivity contribution is -0.121. The molecule has 1 aliphatic heterocycles. The Morgan fingerprint density at radius 2 is 2.14 bits per heavy atom. The Labute approximate surface area is 83.7 Å². The highest BCUT2D eigenvalue weighted by Crippen LogP contribution is 2.20. The fourth-order valence-electron chi connectivity index (χ4n) is 1.68. The zero-order valence-corrected chi connectivity index (χ0v) is 8.43. The standard InChI is InChI=1S/C10H16N2O2/c1-11-8-5-14-6-9(13)10(8)12-7-3-2-4-7/h7,11-12H,2-6H2,1H3. The van der Waals surface area contributed by atoms with Crippen LogP contribution in [0.25, 0.3) is 0 Å². The number of ether oxygens (including phenoxy) is 1. The van der Waals surface area contributed by atoms with Crippen LogP contribution in [0.15, 0.2) is 11.4 Å². The molecule has 0 aromatic heterocycles. The molecular weight excluding hydrogens is 180 g/mol. The molecule has 1 aliphatic carbocycles. The normalized spacial score (nSPS) is 23.4. The molecule has 0 unspecified atom stereocenters. The number of hydrogen-bond acceptors (Lipinski definition) is 4. The summed E-state index contributed by atoms with van der Waals surface area (Å²) in [5, 5.41) is 6.30. The molecule has 1 fully saturated rings. The molecular formula is C10H16N2O2. The maximum Gasteiger partial charge on any atom is 0.206 e. The van der Waals surface area contributed by atoms with Crippen molar-refractivity contribution in [3.63, 3.8) is 0 Å². The van der Waals surface area contributed by atoms with Gasteiger partial charge in [-0.3, -0.25) is 4.79 Å². The van der Waals surface area contributed by atoms with Crippen LogP contribution in [-0.4, -0.2) is 32.1 Å². The van der Waals surface area contributed by atoms with E-state index in [-0.39, 0.29) is 12.4 Å². The minimum absolute atomic E-state index is 0.0625. The van der Waals surface area contributed by atoms with Crippen molar-refractivity contribution in [1.29, 1.82) is 0 Å². The average molecular weight is 196 g/mol. The molecule has 0 radical (unpaired) electrons. The highest BCUT2D eigenvalue weighted by Gasteiger charge is 2.25. The second-order valence-corrected chi connectivity index (χ2v) is 3.79. The van der Waals surface area contributed by atoms with E-state index in [0.717, 1.165) is 11.4 Å². The van der Waals surface area contributed by atoms with E-state index in [1.165, 1.54) is 19.3 Å². The fourth-order valence-corrected chi connectivity index (χ4v) is 1.68. The predicted molar refractivity (Wildman–Crippen MR) is 52.7 cm³/mol. The molecule has 4 heteroatoms. The van der Waals surface area contributed by atoms with E-state index in [0.29, 0.717) is 12.6 Å². The molecule has 2 N–H and O–H groups in total. The summed E-state index contributed by atoms with van der Waals surface area (Å²) >= 11 is 0. The summed E-state index contributed by atoms with van der Waals surface area (Å²) < 4.78 is 5.14. The maximum atomic E-state index is 11.6. The van der Waals surface area contributed by atoms with Gasteiger partial charge in [-0.25, -0.2) is 0 Å². The quantitative estimate of drug-likeness (QED) is 0.675. The third-order valence-corrected chi connectivity index (χ3v) is 2.82. The molecule has 0 bridgehead atoms. The first-order valence-corrected chi connectivity index (χ1v) is 5.09. The Balaban J connectivity index is 2.08. The minimum atomic E-state index is 0.0625. The van der Waals surface area contributed by atoms with Gasteiger partial charge in [0.2, 0.25) is 5.78 Å². The van der Waals surface area contributed by atoms with Gasteiger partial charge < -0.3 is 15.4 Å². The predicted octanol–water partition coefficient (Wildman–Crippen LogP) is 0.159. The molecule has 0 saturated heterocycles. The van der Waals surface area contributed by atoms with E-state index in [1.807, 2.05) is 7.05 Å². The largest absolute Gasteiger partial charge is 0.388 e. The van der Waals surface area contributed by atoms with Crippen LogP contribution in [0.5, 0.6) is 0 Å². The molecule has 1 saturated carbocycles. The molecule has 78 valence electrons. The second-order valence-electron chi connectivity index (χ2n) is 3.79. The third kappa shape index (κ3) is 1.75. The van der Waals surface area contributed by atoms with Crippen LogP contribution in [0.4, 0.5) is 0 Å². The molecule has 2 rings (SSSR count). The van der Waals surface area contributed by atoms with Crippen molar-refractivity contribution in [2.24, 2.45) is 0 Å². The Morgan fingerprint density at radius 3 is 2.71 bits per heavy atom. The highest BCUT2D eigenvalue weighted by atomic mass is 16.5. The smallest absolute Gasteiger partial charge is 0.206 e. The van der Waals surface area contributed by atoms with E-state index in [9.17, 15) is 4.79 Å². The van der Waals surface area contributed by atoms with Crippen molar-refractivity contribution in [3.05, 3.63) is 11.4 Å². The van der Waals surface area contributed by atoms with E-state index in [1.54, 1.807) is 0 Å². The van der Waals surface area contributed by atoms with Crippen molar-refractivity contribution in [1.82, 2.24) is 10.6 Å². The van der Waals surface area contributed by atoms with Crippen LogP contribution < -0.4 is 10.6 Å². The number of Topliss-reactive ketones (excluding diaryl/α,β-unsaturated/α-hetero) is 1. The van der Waals surface area contributed by atoms with E-state index < -0.39 is 0 Å². The number of likely N-dealkylation sites (N-methyl/N-ethyl adjacent to an activating group) is 1. The fraction of sp³-hybridized carbons (Fsp3) is 0.700. The Morgan fingerprint density at radius 1 is 1.36 bits per heavy atom. The van der Waals surface area contributed by atoms with E-state index in [2.05, 4.69) is 10.6 Å². The van der Waals surface area contributed by atoms with Gasteiger partial charge in [-0.15, -0.1) is 0 Å². The number of rotatable bonds is 3. The lowest BCUT2D eigenvalue weighted by atomic mass is 9.92. The van der Waals surface area contributed by atoms with Gasteiger partial charge in [0, 0.05) is 13.1 Å². The molecule has 0 amide bonds. The summed E-state index contributed by atoms with van der Waals surface area (Å²) in [7, 11) is 1.82. The van der Waals surface area contributed by atoms with Gasteiger partial charge in [-0.2, -0.15) is 0 Å². The lowest BCUT2D eigenvalue weighted by Crippen LogP contribution is -2.42. The number of carbonyl (C=O) groups is 1. The average Bonchev–Trinajstić information content (AvgIpc) is 2.12. The molecule has 4 nitrogen and oxygen atoms in total. The van der Waals surface area contributed by atoms with Crippen LogP contribution in [0.3, 0.4) is 0 Å². The van der Waals surface area contributed by atoms with Crippen molar-refractivity contribution in [2.75, 3.05) is 20.3 Å². The van der Waals surface area contributed by atoms with E-state index in [4.69, 9.17) is 4.74 Å². The molecule has 0 spiro atoms. The highest BCUT2D eigenvalue weighted by molar-refractivity contribution is 5.97. The zero-order chi connectivity index (χ0) is 9.97. The van der Waals surface area contributed by atoms with Gasteiger partial charge in [0.25, 0.3) is 0 Å². The van der Waals surface area contributed by atoms with Gasteiger partial charge >= 0.3 is 0 Å². The number of ketones is 1. The molecule has 14 heavy (non-hydrogen) atoms. The Kier molecular flexibility index (Phi) is 2.72. The molecule has 0 aromatic rings. The molecule has 0 aromatic carbocycles. The summed E-state index contributed by atoms with van der Waals surface area (Å²) in [6.07, 6.45) is 3.62. The number of hydrogen-bond donors (Lipinski definition) is 2. The molecule has 0 atom stereocenters. The van der Waals surface area contributed by atoms with Crippen molar-refractivity contribution < 1.29 is 9.53 Å². The second kappa shape index (κ2) is 4.00. The first-order valence-electron chi connectivity index (χ1n) is 5.09. The first kappa shape index (κ1) is 9.52. The van der Waals surface area contributed by atoms with Crippen LogP contribution in [-0.2, 0) is 9.53 Å². The van der Waals surface area contributed by atoms with Crippen LogP contribution in [0.1, 0.15) is 19.3 Å². The van der Waals surface area contributed by atoms with Gasteiger partial charge in [0.15, 0.2) is 0 Å². The summed E-state index contributed by atoms with van der Waals surface area (Å²) in [5.74, 6) is 0.0625. The summed E-state index contributed by atoms with van der Waals surface area (Å²) in [6, 6.07) is 0.496. The summed E-state index contributed by atoms with van der Waals surface area (Å²) in [6.45, 7) is 0.720. The van der Waals surface area contributed by atoms with E-state index >= 15 is 0 Å². The van der Waals surface area contributed by atoms with Crippen molar-refractivity contribution >= 4 is 5.78 Å². The van der Waals surface area contributed by atoms with Gasteiger partial charge in [-0.1, -0.05) is 0 Å². The topological polar surface area (TPSA) is 50.4 Å². The molecule has 1 heterocycles. The number of carbonyl (C=O) groups excluding carboxylic acids is 1. The SMILES string of the molecule is CNC1=C(NC2CCC2)C(=O)COC1. The van der Waals surface area contributed by atoms with Crippen LogP contribution >= 0.6 is 0 Å². The van der Waals surface area contributed by atoms with Gasteiger partial charge in [0.05, 0.1) is 12.3 Å². The van der Waals surface area contributed by atoms with Crippen LogP contribution in [0.2, 0.25) is 0 Å². The lowest BCUT2D eigenvalue weighted by Gasteiger charge is -2.30. The van der Waals surface area contributed by atoms with Gasteiger partial charge in [0.1, 0.15) is 12.3 Å². The zero-order valence-electron chi connectivity index (χ0n) is 8.43. The summed E-state index contributed by atoms with van der Waals surface area (Å²) in [4.78, 5) is 11.6. The Bertz CT molecular complexity index is 269. The number of nitrogens with one attached hydrogen (secondary N) is 2. The van der Waals surface area contributed by atoms with Crippen molar-refractivity contribution in [2.45, 2.75) is 25.3 Å². The van der Waals surface area contributed by atoms with Crippen molar-refractivity contribution in [3.8, 4) is 0 Å². The Hall–Kier alpha value is -1.03. The monoisotopic (exact) mass is 196 g/mol. The first-order chi connectivity index (χ1) is 6.81.